The van der Waals surface area contributed by atoms with E-state index in [1.165, 1.54) is 17.7 Å². The van der Waals surface area contributed by atoms with Gasteiger partial charge in [0.15, 0.2) is 9.84 Å². The van der Waals surface area contributed by atoms with Gasteiger partial charge in [-0.25, -0.2) is 8.42 Å². The zero-order chi connectivity index (χ0) is 16.9. The van der Waals surface area contributed by atoms with E-state index in [1.54, 1.807) is 0 Å². The van der Waals surface area contributed by atoms with E-state index < -0.39 is 9.84 Å². The molecular formula is C18H22N2O3S. The summed E-state index contributed by atoms with van der Waals surface area (Å²) < 4.78 is 23.2. The Morgan fingerprint density at radius 1 is 1.29 bits per heavy atom. The number of aryl methyl sites for hydroxylation is 1. The highest BCUT2D eigenvalue weighted by atomic mass is 32.2. The lowest BCUT2D eigenvalue weighted by atomic mass is 9.87. The van der Waals surface area contributed by atoms with Crippen molar-refractivity contribution >= 4 is 26.6 Å². The highest BCUT2D eigenvalue weighted by molar-refractivity contribution is 7.91. The molecule has 2 aromatic rings. The van der Waals surface area contributed by atoms with Gasteiger partial charge in [0.2, 0.25) is 0 Å². The third-order valence-electron chi connectivity index (χ3n) is 5.28. The summed E-state index contributed by atoms with van der Waals surface area (Å²) in [6, 6.07) is 5.52. The van der Waals surface area contributed by atoms with Gasteiger partial charge in [0, 0.05) is 17.1 Å². The number of sulfone groups is 1. The van der Waals surface area contributed by atoms with Crippen molar-refractivity contribution in [2.24, 2.45) is 5.92 Å². The van der Waals surface area contributed by atoms with Crippen molar-refractivity contribution < 1.29 is 13.2 Å². The topological polar surface area (TPSA) is 79.0 Å². The molecular weight excluding hydrogens is 324 g/mol. The maximum Gasteiger partial charge on any atom is 0.253 e. The van der Waals surface area contributed by atoms with Crippen molar-refractivity contribution in [1.29, 1.82) is 0 Å². The van der Waals surface area contributed by atoms with Crippen molar-refractivity contribution in [2.45, 2.75) is 38.6 Å². The van der Waals surface area contributed by atoms with E-state index in [0.29, 0.717) is 17.9 Å². The summed E-state index contributed by atoms with van der Waals surface area (Å²) in [4.78, 5) is 16.1. The minimum Gasteiger partial charge on any atom is -0.358 e. The van der Waals surface area contributed by atoms with Crippen LogP contribution in [0.2, 0.25) is 0 Å². The van der Waals surface area contributed by atoms with Crippen LogP contribution in [0.3, 0.4) is 0 Å². The second-order valence-electron chi connectivity index (χ2n) is 7.23. The zero-order valence-electron chi connectivity index (χ0n) is 13.8. The first-order valence-electron chi connectivity index (χ1n) is 8.56. The highest BCUT2D eigenvalue weighted by Crippen LogP contribution is 2.33. The molecule has 1 aliphatic carbocycles. The summed E-state index contributed by atoms with van der Waals surface area (Å²) >= 11 is 0. The quantitative estimate of drug-likeness (QED) is 0.875. The number of hydrogen-bond acceptors (Lipinski definition) is 3. The summed E-state index contributed by atoms with van der Waals surface area (Å²) in [5.41, 5.74) is 4.07. The molecule has 128 valence electrons. The van der Waals surface area contributed by atoms with Gasteiger partial charge in [0.25, 0.3) is 5.91 Å². The standard InChI is InChI=1S/C18H22N2O3S/c1-11-5-6-16-15(9-11)13-3-2-4-14(17(13)20-16)18(21)19-12-7-8-24(22,23)10-12/h2-4,11-12,20H,5-10H2,1H3,(H,19,21)/t11-,12+/m1/s1. The molecule has 0 spiro atoms. The summed E-state index contributed by atoms with van der Waals surface area (Å²) in [5.74, 6) is 0.691. The number of hydrogen-bond donors (Lipinski definition) is 2. The first-order chi connectivity index (χ1) is 11.4. The minimum atomic E-state index is -3.00. The van der Waals surface area contributed by atoms with Crippen LogP contribution in [0.5, 0.6) is 0 Å². The van der Waals surface area contributed by atoms with Gasteiger partial charge in [-0.2, -0.15) is 0 Å². The number of aromatic amines is 1. The number of nitrogens with one attached hydrogen (secondary N) is 2. The molecule has 0 radical (unpaired) electrons. The SMILES string of the molecule is C[C@@H]1CCc2[nH]c3c(C(=O)N[C@H]4CCS(=O)(=O)C4)cccc3c2C1. The normalized spacial score (nSPS) is 25.5. The molecule has 0 bridgehead atoms. The van der Waals surface area contributed by atoms with E-state index in [-0.39, 0.29) is 23.5 Å². The Morgan fingerprint density at radius 3 is 2.88 bits per heavy atom. The van der Waals surface area contributed by atoms with Crippen LogP contribution < -0.4 is 5.32 Å². The van der Waals surface area contributed by atoms with Gasteiger partial charge in [-0.3, -0.25) is 4.79 Å². The Hall–Kier alpha value is -1.82. The van der Waals surface area contributed by atoms with E-state index in [9.17, 15) is 13.2 Å². The Bertz CT molecular complexity index is 914. The number of benzene rings is 1. The van der Waals surface area contributed by atoms with E-state index in [2.05, 4.69) is 23.3 Å². The molecule has 24 heavy (non-hydrogen) atoms. The Labute approximate surface area is 141 Å². The molecule has 6 heteroatoms. The van der Waals surface area contributed by atoms with Crippen LogP contribution >= 0.6 is 0 Å². The molecule has 1 aromatic heterocycles. The zero-order valence-corrected chi connectivity index (χ0v) is 14.6. The van der Waals surface area contributed by atoms with Crippen molar-refractivity contribution in [1.82, 2.24) is 10.3 Å². The smallest absolute Gasteiger partial charge is 0.253 e. The Kier molecular flexibility index (Phi) is 3.67. The van der Waals surface area contributed by atoms with Gasteiger partial charge >= 0.3 is 0 Å². The molecule has 1 aliphatic heterocycles. The molecule has 0 unspecified atom stereocenters. The lowest BCUT2D eigenvalue weighted by Gasteiger charge is -2.17. The lowest BCUT2D eigenvalue weighted by Crippen LogP contribution is -2.35. The van der Waals surface area contributed by atoms with Gasteiger partial charge in [0.05, 0.1) is 22.6 Å². The second-order valence-corrected chi connectivity index (χ2v) is 9.46. The first-order valence-corrected chi connectivity index (χ1v) is 10.4. The number of amides is 1. The van der Waals surface area contributed by atoms with E-state index >= 15 is 0 Å². The van der Waals surface area contributed by atoms with Gasteiger partial charge in [-0.15, -0.1) is 0 Å². The fraction of sp³-hybridized carbons (Fsp3) is 0.500. The summed E-state index contributed by atoms with van der Waals surface area (Å²) in [5, 5.41) is 4.02. The predicted octanol–water partition coefficient (Wildman–Crippen LogP) is 2.21. The second kappa shape index (κ2) is 5.62. The maximum atomic E-state index is 12.7. The summed E-state index contributed by atoms with van der Waals surface area (Å²) in [6.45, 7) is 2.26. The summed E-state index contributed by atoms with van der Waals surface area (Å²) in [6.07, 6.45) is 3.73. The van der Waals surface area contributed by atoms with E-state index in [4.69, 9.17) is 0 Å². The molecule has 5 nitrogen and oxygen atoms in total. The first kappa shape index (κ1) is 15.7. The molecule has 1 aromatic carbocycles. The molecule has 2 aliphatic rings. The van der Waals surface area contributed by atoms with Crippen LogP contribution in [0.1, 0.15) is 41.4 Å². The van der Waals surface area contributed by atoms with Crippen LogP contribution in [0.4, 0.5) is 0 Å². The van der Waals surface area contributed by atoms with Crippen LogP contribution in [-0.4, -0.2) is 36.9 Å². The molecule has 0 saturated carbocycles. The Balaban J connectivity index is 1.66. The number of carbonyl (C=O) groups is 1. The van der Waals surface area contributed by atoms with Gasteiger partial charge in [0.1, 0.15) is 0 Å². The summed E-state index contributed by atoms with van der Waals surface area (Å²) in [7, 11) is -3.00. The maximum absolute atomic E-state index is 12.7. The number of para-hydroxylation sites is 1. The third kappa shape index (κ3) is 2.73. The van der Waals surface area contributed by atoms with Crippen LogP contribution in [-0.2, 0) is 22.7 Å². The van der Waals surface area contributed by atoms with E-state index in [1.807, 2.05) is 12.1 Å². The molecule has 1 amide bonds. The number of H-pyrrole nitrogens is 1. The van der Waals surface area contributed by atoms with Crippen molar-refractivity contribution in [3.05, 3.63) is 35.0 Å². The van der Waals surface area contributed by atoms with Gasteiger partial charge in [-0.05, 0) is 43.2 Å². The number of rotatable bonds is 2. The monoisotopic (exact) mass is 346 g/mol. The third-order valence-corrected chi connectivity index (χ3v) is 7.05. The van der Waals surface area contributed by atoms with Crippen molar-refractivity contribution in [2.75, 3.05) is 11.5 Å². The lowest BCUT2D eigenvalue weighted by molar-refractivity contribution is 0.0942. The molecule has 1 fully saturated rings. The minimum absolute atomic E-state index is 0.0491. The highest BCUT2D eigenvalue weighted by Gasteiger charge is 2.30. The number of carbonyl (C=O) groups excluding carboxylic acids is 1. The van der Waals surface area contributed by atoms with Crippen molar-refractivity contribution in [3.8, 4) is 0 Å². The average molecular weight is 346 g/mol. The largest absolute Gasteiger partial charge is 0.358 e. The number of fused-ring (bicyclic) bond motifs is 3. The molecule has 4 rings (SSSR count). The Morgan fingerprint density at radius 2 is 2.12 bits per heavy atom. The average Bonchev–Trinajstić information content (AvgIpc) is 3.06. The molecule has 1 saturated heterocycles. The molecule has 2 heterocycles. The van der Waals surface area contributed by atoms with Gasteiger partial charge < -0.3 is 10.3 Å². The fourth-order valence-corrected chi connectivity index (χ4v) is 5.65. The van der Waals surface area contributed by atoms with Crippen molar-refractivity contribution in [3.63, 3.8) is 0 Å². The van der Waals surface area contributed by atoms with Crippen LogP contribution in [0.15, 0.2) is 18.2 Å². The van der Waals surface area contributed by atoms with Crippen LogP contribution in [0.25, 0.3) is 10.9 Å². The van der Waals surface area contributed by atoms with Crippen LogP contribution in [0, 0.1) is 5.92 Å². The van der Waals surface area contributed by atoms with E-state index in [0.717, 1.165) is 23.7 Å². The molecule has 2 N–H and O–H groups in total. The fourth-order valence-electron chi connectivity index (χ4n) is 3.98. The van der Waals surface area contributed by atoms with Gasteiger partial charge in [-0.1, -0.05) is 19.1 Å². The predicted molar refractivity (Wildman–Crippen MR) is 94.0 cm³/mol. The molecule has 2 atom stereocenters. The number of aromatic nitrogens is 1.